The molecule has 0 fully saturated rings. The summed E-state index contributed by atoms with van der Waals surface area (Å²) in [6, 6.07) is 5.70. The normalized spacial score (nSPS) is 11.1. The van der Waals surface area contributed by atoms with Crippen LogP contribution < -0.4 is 16.9 Å². The number of aromatic nitrogens is 1. The van der Waals surface area contributed by atoms with Gasteiger partial charge in [0.1, 0.15) is 0 Å². The van der Waals surface area contributed by atoms with Crippen LogP contribution in [0.3, 0.4) is 0 Å². The van der Waals surface area contributed by atoms with Crippen LogP contribution >= 0.6 is 12.2 Å². The number of benzene rings is 1. The lowest BCUT2D eigenvalue weighted by Gasteiger charge is -2.07. The highest BCUT2D eigenvalue weighted by Crippen LogP contribution is 2.25. The van der Waals surface area contributed by atoms with Crippen LogP contribution in [0.25, 0.3) is 10.8 Å². The molecule has 124 valence electrons. The molecule has 0 bridgehead atoms. The third kappa shape index (κ3) is 6.55. The van der Waals surface area contributed by atoms with E-state index < -0.39 is 10.1 Å². The van der Waals surface area contributed by atoms with Crippen LogP contribution in [0.5, 0.6) is 0 Å². The van der Waals surface area contributed by atoms with Gasteiger partial charge in [0.05, 0.1) is 18.2 Å². The Morgan fingerprint density at radius 3 is 2.65 bits per heavy atom. The number of nitrogens with zero attached hydrogens (tertiary/aromatic N) is 2. The Labute approximate surface area is 139 Å². The fourth-order valence-electron chi connectivity index (χ4n) is 1.78. The highest BCUT2D eigenvalue weighted by Gasteiger charge is 2.05. The van der Waals surface area contributed by atoms with Crippen LogP contribution in [0.1, 0.15) is 11.3 Å². The van der Waals surface area contributed by atoms with E-state index in [0.717, 1.165) is 22.0 Å². The topological polar surface area (TPSA) is 144 Å². The van der Waals surface area contributed by atoms with Crippen molar-refractivity contribution in [2.75, 3.05) is 12.0 Å². The number of nitrogens with two attached hydrogens (primary N) is 2. The summed E-state index contributed by atoms with van der Waals surface area (Å²) < 4.78 is 25.9. The molecule has 0 saturated carbocycles. The summed E-state index contributed by atoms with van der Waals surface area (Å²) in [4.78, 5) is 4.32. The van der Waals surface area contributed by atoms with Crippen molar-refractivity contribution in [2.24, 2.45) is 10.8 Å². The van der Waals surface area contributed by atoms with E-state index in [-0.39, 0.29) is 5.11 Å². The van der Waals surface area contributed by atoms with Crippen molar-refractivity contribution >= 4 is 50.1 Å². The zero-order chi connectivity index (χ0) is 17.6. The lowest BCUT2D eigenvalue weighted by molar-refractivity contribution is 0.490. The van der Waals surface area contributed by atoms with Crippen molar-refractivity contribution in [3.05, 3.63) is 35.7 Å². The number of hydrazone groups is 1. The number of thiocarbonyl (C=S) groups is 1. The number of pyridine rings is 1. The number of fused-ring (bicyclic) bond motifs is 1. The quantitative estimate of drug-likeness (QED) is 0.203. The standard InChI is InChI=1S/C12H13N5S.CH4O3S/c1-7-5-15-10(6-16-17-12(14)18)8-3-2-4-9(13)11(7)8;1-5(2,3)4/h2-6H,13H2,1H3,(H3,14,17,18);1H3,(H,2,3,4)/b16-6-;. The smallest absolute Gasteiger partial charge is 0.261 e. The summed E-state index contributed by atoms with van der Waals surface area (Å²) in [7, 11) is -3.67. The minimum absolute atomic E-state index is 0.113. The van der Waals surface area contributed by atoms with Gasteiger partial charge in [-0.2, -0.15) is 13.5 Å². The van der Waals surface area contributed by atoms with Gasteiger partial charge in [-0.3, -0.25) is 15.0 Å². The molecule has 0 amide bonds. The van der Waals surface area contributed by atoms with Crippen molar-refractivity contribution < 1.29 is 13.0 Å². The maximum absolute atomic E-state index is 9.19. The van der Waals surface area contributed by atoms with E-state index in [1.807, 2.05) is 25.1 Å². The molecule has 1 heterocycles. The van der Waals surface area contributed by atoms with Gasteiger partial charge in [0.25, 0.3) is 10.1 Å². The molecular weight excluding hydrogens is 338 g/mol. The summed E-state index contributed by atoms with van der Waals surface area (Å²) >= 11 is 4.66. The minimum atomic E-state index is -3.67. The first-order valence-electron chi connectivity index (χ1n) is 6.24. The van der Waals surface area contributed by atoms with Gasteiger partial charge in [0, 0.05) is 22.7 Å². The number of nitrogens with one attached hydrogen (secondary N) is 1. The molecule has 10 heteroatoms. The Kier molecular flexibility index (Phi) is 6.37. The molecule has 2 rings (SSSR count). The average molecular weight is 355 g/mol. The molecule has 0 aliphatic rings. The second-order valence-corrected chi connectivity index (χ2v) is 6.47. The summed E-state index contributed by atoms with van der Waals surface area (Å²) in [5.41, 5.74) is 16.2. The van der Waals surface area contributed by atoms with E-state index in [1.165, 1.54) is 0 Å². The predicted octanol–water partition coefficient (Wildman–Crippen LogP) is 0.797. The van der Waals surface area contributed by atoms with Crippen LogP contribution in [0.4, 0.5) is 5.69 Å². The molecule has 0 unspecified atom stereocenters. The molecular formula is C13H17N5O3S2. The van der Waals surface area contributed by atoms with Crippen LogP contribution in [-0.2, 0) is 10.1 Å². The number of aryl methyl sites for hydroxylation is 1. The summed E-state index contributed by atoms with van der Waals surface area (Å²) in [6.07, 6.45) is 4.05. The maximum atomic E-state index is 9.19. The molecule has 8 nitrogen and oxygen atoms in total. The Balaban J connectivity index is 0.000000463. The number of hydrogen-bond acceptors (Lipinski definition) is 6. The van der Waals surface area contributed by atoms with Crippen LogP contribution in [0.15, 0.2) is 29.5 Å². The molecule has 0 spiro atoms. The number of rotatable bonds is 2. The molecule has 1 aromatic heterocycles. The number of nitrogen functional groups attached to an aromatic ring is 1. The van der Waals surface area contributed by atoms with E-state index in [1.54, 1.807) is 12.4 Å². The van der Waals surface area contributed by atoms with Gasteiger partial charge in [-0.1, -0.05) is 12.1 Å². The second-order valence-electron chi connectivity index (χ2n) is 4.56. The van der Waals surface area contributed by atoms with Gasteiger partial charge < -0.3 is 11.5 Å². The summed E-state index contributed by atoms with van der Waals surface area (Å²) in [5.74, 6) is 0. The Morgan fingerprint density at radius 2 is 2.09 bits per heavy atom. The summed E-state index contributed by atoms with van der Waals surface area (Å²) in [6.45, 7) is 1.97. The van der Waals surface area contributed by atoms with E-state index >= 15 is 0 Å². The van der Waals surface area contributed by atoms with E-state index in [4.69, 9.17) is 16.0 Å². The van der Waals surface area contributed by atoms with Crippen molar-refractivity contribution in [3.63, 3.8) is 0 Å². The first-order chi connectivity index (χ1) is 10.6. The largest absolute Gasteiger partial charge is 0.398 e. The zero-order valence-corrected chi connectivity index (χ0v) is 14.1. The third-order valence-electron chi connectivity index (χ3n) is 2.53. The highest BCUT2D eigenvalue weighted by atomic mass is 32.2. The molecule has 1 aromatic carbocycles. The monoisotopic (exact) mass is 355 g/mol. The van der Waals surface area contributed by atoms with Crippen LogP contribution in [0, 0.1) is 6.92 Å². The Morgan fingerprint density at radius 1 is 1.48 bits per heavy atom. The fourth-order valence-corrected chi connectivity index (χ4v) is 1.84. The lowest BCUT2D eigenvalue weighted by atomic mass is 10.0. The highest BCUT2D eigenvalue weighted by molar-refractivity contribution is 7.85. The fraction of sp³-hybridized carbons (Fsp3) is 0.154. The maximum Gasteiger partial charge on any atom is 0.261 e. The molecule has 0 radical (unpaired) electrons. The van der Waals surface area contributed by atoms with Gasteiger partial charge in [0.2, 0.25) is 0 Å². The number of anilines is 1. The van der Waals surface area contributed by atoms with Gasteiger partial charge >= 0.3 is 0 Å². The minimum Gasteiger partial charge on any atom is -0.398 e. The van der Waals surface area contributed by atoms with Gasteiger partial charge in [-0.25, -0.2) is 0 Å². The zero-order valence-electron chi connectivity index (χ0n) is 12.5. The number of hydrogen-bond donors (Lipinski definition) is 4. The Bertz CT molecular complexity index is 834. The van der Waals surface area contributed by atoms with Crippen LogP contribution in [0.2, 0.25) is 0 Å². The van der Waals surface area contributed by atoms with E-state index in [2.05, 4.69) is 27.7 Å². The van der Waals surface area contributed by atoms with E-state index in [0.29, 0.717) is 11.9 Å². The SMILES string of the molecule is CS(=O)(=O)O.Cc1cnc(/C=N\NC(N)=S)c2cccc(N)c12. The van der Waals surface area contributed by atoms with Crippen molar-refractivity contribution in [2.45, 2.75) is 6.92 Å². The molecule has 0 atom stereocenters. The van der Waals surface area contributed by atoms with Crippen molar-refractivity contribution in [1.82, 2.24) is 10.4 Å². The second kappa shape index (κ2) is 7.81. The van der Waals surface area contributed by atoms with Gasteiger partial charge in [-0.05, 0) is 30.8 Å². The molecule has 6 N–H and O–H groups in total. The molecule has 23 heavy (non-hydrogen) atoms. The van der Waals surface area contributed by atoms with Crippen LogP contribution in [-0.4, -0.2) is 35.5 Å². The van der Waals surface area contributed by atoms with E-state index in [9.17, 15) is 8.42 Å². The third-order valence-corrected chi connectivity index (χ3v) is 2.62. The summed E-state index contributed by atoms with van der Waals surface area (Å²) in [5, 5.41) is 5.96. The van der Waals surface area contributed by atoms with Crippen molar-refractivity contribution in [3.8, 4) is 0 Å². The predicted molar refractivity (Wildman–Crippen MR) is 95.9 cm³/mol. The Hall–Kier alpha value is -2.30. The van der Waals surface area contributed by atoms with Gasteiger partial charge in [-0.15, -0.1) is 0 Å². The lowest BCUT2D eigenvalue weighted by Crippen LogP contribution is -2.24. The average Bonchev–Trinajstić information content (AvgIpc) is 2.39. The molecule has 0 aliphatic heterocycles. The molecule has 2 aromatic rings. The first-order valence-corrected chi connectivity index (χ1v) is 8.50. The molecule has 0 saturated heterocycles. The first kappa shape index (κ1) is 18.7. The van der Waals surface area contributed by atoms with Gasteiger partial charge in [0.15, 0.2) is 5.11 Å². The van der Waals surface area contributed by atoms with Crippen molar-refractivity contribution in [1.29, 1.82) is 0 Å². The molecule has 0 aliphatic carbocycles.